The molecule has 2 aromatic carbocycles. The number of rotatable bonds is 8. The van der Waals surface area contributed by atoms with Crippen molar-refractivity contribution in [3.05, 3.63) is 66.9 Å². The van der Waals surface area contributed by atoms with Gasteiger partial charge in [-0.25, -0.2) is 4.98 Å². The number of aromatic nitrogens is 1. The van der Waals surface area contributed by atoms with Crippen LogP contribution in [0.3, 0.4) is 0 Å². The Morgan fingerprint density at radius 2 is 1.70 bits per heavy atom. The van der Waals surface area contributed by atoms with Crippen LogP contribution in [0, 0.1) is 0 Å². The molecule has 2 heterocycles. The molecule has 0 aliphatic carbocycles. The van der Waals surface area contributed by atoms with Crippen LogP contribution >= 0.6 is 11.8 Å². The van der Waals surface area contributed by atoms with Gasteiger partial charge in [0.1, 0.15) is 12.3 Å². The fourth-order valence-electron chi connectivity index (χ4n) is 3.27. The molecule has 0 radical (unpaired) electrons. The van der Waals surface area contributed by atoms with Crippen molar-refractivity contribution in [3.63, 3.8) is 0 Å². The molecule has 6 nitrogen and oxygen atoms in total. The Labute approximate surface area is 180 Å². The van der Waals surface area contributed by atoms with Crippen LogP contribution in [0.5, 0.6) is 5.88 Å². The highest BCUT2D eigenvalue weighted by atomic mass is 32.2. The number of nitrogens with one attached hydrogen (secondary N) is 1. The second kappa shape index (κ2) is 9.65. The van der Waals surface area contributed by atoms with Crippen LogP contribution in [0.25, 0.3) is 0 Å². The Kier molecular flexibility index (Phi) is 6.51. The molecule has 1 aliphatic rings. The van der Waals surface area contributed by atoms with Crippen molar-refractivity contribution in [2.24, 2.45) is 0 Å². The van der Waals surface area contributed by atoms with Gasteiger partial charge in [0.15, 0.2) is 0 Å². The van der Waals surface area contributed by atoms with Crippen LogP contribution in [0.4, 0.5) is 17.1 Å². The summed E-state index contributed by atoms with van der Waals surface area (Å²) in [6.45, 7) is 1.39. The van der Waals surface area contributed by atoms with E-state index in [1.54, 1.807) is 37.2 Å². The van der Waals surface area contributed by atoms with Crippen molar-refractivity contribution < 1.29 is 14.3 Å². The molecule has 30 heavy (non-hydrogen) atoms. The van der Waals surface area contributed by atoms with Gasteiger partial charge in [0.2, 0.25) is 11.8 Å². The number of anilines is 3. The van der Waals surface area contributed by atoms with Crippen LogP contribution in [-0.2, 0) is 9.53 Å². The summed E-state index contributed by atoms with van der Waals surface area (Å²) in [6, 6.07) is 20.1. The predicted molar refractivity (Wildman–Crippen MR) is 119 cm³/mol. The van der Waals surface area contributed by atoms with E-state index in [9.17, 15) is 4.79 Å². The Hall–Kier alpha value is -3.03. The molecule has 7 heteroatoms. The molecule has 1 aliphatic heterocycles. The van der Waals surface area contributed by atoms with Gasteiger partial charge in [-0.05, 0) is 36.4 Å². The number of hydrogen-bond acceptors (Lipinski definition) is 6. The van der Waals surface area contributed by atoms with Crippen LogP contribution in [0.1, 0.15) is 6.42 Å². The van der Waals surface area contributed by atoms with Crippen molar-refractivity contribution in [3.8, 4) is 5.88 Å². The number of ether oxygens (including phenoxy) is 2. The summed E-state index contributed by atoms with van der Waals surface area (Å²) in [4.78, 5) is 21.5. The number of benzene rings is 2. The van der Waals surface area contributed by atoms with Crippen LogP contribution in [0.15, 0.2) is 76.7 Å². The van der Waals surface area contributed by atoms with Gasteiger partial charge in [0.25, 0.3) is 0 Å². The number of carbonyl (C=O) groups excluding carboxylic acids is 1. The number of para-hydroxylation sites is 2. The number of fused-ring (bicyclic) bond motifs is 2. The molecule has 3 aromatic rings. The molecular formula is C23H23N3O3S. The van der Waals surface area contributed by atoms with Gasteiger partial charge in [-0.15, -0.1) is 0 Å². The van der Waals surface area contributed by atoms with Gasteiger partial charge in [0.05, 0.1) is 18.0 Å². The zero-order valence-electron chi connectivity index (χ0n) is 16.7. The molecule has 0 fully saturated rings. The zero-order valence-corrected chi connectivity index (χ0v) is 17.5. The quantitative estimate of drug-likeness (QED) is 0.530. The molecule has 154 valence electrons. The Bertz CT molecular complexity index is 982. The minimum Gasteiger partial charge on any atom is -0.474 e. The van der Waals surface area contributed by atoms with Gasteiger partial charge < -0.3 is 19.7 Å². The molecule has 0 atom stereocenters. The third-order valence-corrected chi connectivity index (χ3v) is 5.80. The normalized spacial score (nSPS) is 12.1. The molecule has 0 bridgehead atoms. The van der Waals surface area contributed by atoms with Crippen LogP contribution < -0.4 is 15.0 Å². The lowest BCUT2D eigenvalue weighted by Gasteiger charge is -2.32. The first-order valence-corrected chi connectivity index (χ1v) is 10.6. The van der Waals surface area contributed by atoms with E-state index in [-0.39, 0.29) is 5.91 Å². The average Bonchev–Trinajstić information content (AvgIpc) is 2.78. The number of pyridine rings is 1. The fraction of sp³-hybridized carbons (Fsp3) is 0.217. The summed E-state index contributed by atoms with van der Waals surface area (Å²) in [5.41, 5.74) is 2.81. The number of carbonyl (C=O) groups is 1. The lowest BCUT2D eigenvalue weighted by Crippen LogP contribution is -2.26. The zero-order chi connectivity index (χ0) is 20.8. The Morgan fingerprint density at radius 1 is 1.00 bits per heavy atom. The molecule has 1 amide bonds. The lowest BCUT2D eigenvalue weighted by molar-refractivity contribution is -0.116. The van der Waals surface area contributed by atoms with E-state index in [1.807, 2.05) is 24.3 Å². The number of methoxy groups -OCH3 is 1. The molecule has 0 unspecified atom stereocenters. The Morgan fingerprint density at radius 3 is 2.40 bits per heavy atom. The van der Waals surface area contributed by atoms with E-state index >= 15 is 0 Å². The highest BCUT2D eigenvalue weighted by Gasteiger charge is 2.23. The SMILES string of the molecule is COCCOc1ncccc1NC(=O)CCN1c2ccccc2Sc2ccccc21. The van der Waals surface area contributed by atoms with E-state index < -0.39 is 0 Å². The predicted octanol–water partition coefficient (Wildman–Crippen LogP) is 4.74. The topological polar surface area (TPSA) is 63.7 Å². The minimum atomic E-state index is -0.0900. The molecule has 4 rings (SSSR count). The van der Waals surface area contributed by atoms with Gasteiger partial charge in [-0.1, -0.05) is 36.0 Å². The van der Waals surface area contributed by atoms with Crippen molar-refractivity contribution in [2.45, 2.75) is 16.2 Å². The van der Waals surface area contributed by atoms with Crippen molar-refractivity contribution in [2.75, 3.05) is 37.1 Å². The Balaban J connectivity index is 1.45. The first kappa shape index (κ1) is 20.3. The molecule has 0 saturated carbocycles. The highest BCUT2D eigenvalue weighted by Crippen LogP contribution is 2.47. The third kappa shape index (κ3) is 4.58. The van der Waals surface area contributed by atoms with Crippen molar-refractivity contribution in [1.82, 2.24) is 4.98 Å². The highest BCUT2D eigenvalue weighted by molar-refractivity contribution is 7.99. The first-order chi connectivity index (χ1) is 14.8. The van der Waals surface area contributed by atoms with Gasteiger partial charge in [-0.2, -0.15) is 0 Å². The summed E-state index contributed by atoms with van der Waals surface area (Å²) in [6.07, 6.45) is 1.97. The second-order valence-corrected chi connectivity index (χ2v) is 7.77. The van der Waals surface area contributed by atoms with Gasteiger partial charge in [-0.3, -0.25) is 4.79 Å². The van der Waals surface area contributed by atoms with E-state index in [2.05, 4.69) is 39.5 Å². The monoisotopic (exact) mass is 421 g/mol. The largest absolute Gasteiger partial charge is 0.474 e. The van der Waals surface area contributed by atoms with Gasteiger partial charge >= 0.3 is 0 Å². The minimum absolute atomic E-state index is 0.0900. The molecule has 1 aromatic heterocycles. The van der Waals surface area contributed by atoms with Crippen LogP contribution in [-0.4, -0.2) is 37.8 Å². The summed E-state index contributed by atoms with van der Waals surface area (Å²) in [5, 5.41) is 2.93. The van der Waals surface area contributed by atoms with Crippen molar-refractivity contribution >= 4 is 34.7 Å². The van der Waals surface area contributed by atoms with E-state index in [4.69, 9.17) is 9.47 Å². The maximum Gasteiger partial charge on any atom is 0.237 e. The molecular weight excluding hydrogens is 398 g/mol. The second-order valence-electron chi connectivity index (χ2n) is 6.68. The lowest BCUT2D eigenvalue weighted by atomic mass is 10.2. The third-order valence-electron chi connectivity index (χ3n) is 4.67. The van der Waals surface area contributed by atoms with Gasteiger partial charge in [0, 0.05) is 36.1 Å². The summed E-state index contributed by atoms with van der Waals surface area (Å²) < 4.78 is 10.6. The summed E-state index contributed by atoms with van der Waals surface area (Å²) >= 11 is 1.76. The first-order valence-electron chi connectivity index (χ1n) is 9.76. The molecule has 0 spiro atoms. The van der Waals surface area contributed by atoms with Crippen LogP contribution in [0.2, 0.25) is 0 Å². The van der Waals surface area contributed by atoms with Crippen molar-refractivity contribution in [1.29, 1.82) is 0 Å². The number of amides is 1. The maximum absolute atomic E-state index is 12.7. The average molecular weight is 422 g/mol. The summed E-state index contributed by atoms with van der Waals surface area (Å²) in [7, 11) is 1.61. The molecule has 1 N–H and O–H groups in total. The number of hydrogen-bond donors (Lipinski definition) is 1. The smallest absolute Gasteiger partial charge is 0.237 e. The van der Waals surface area contributed by atoms with E-state index in [1.165, 1.54) is 9.79 Å². The van der Waals surface area contributed by atoms with E-state index in [0.29, 0.717) is 37.7 Å². The summed E-state index contributed by atoms with van der Waals surface area (Å²) in [5.74, 6) is 0.306. The fourth-order valence-corrected chi connectivity index (χ4v) is 4.37. The maximum atomic E-state index is 12.7. The van der Waals surface area contributed by atoms with E-state index in [0.717, 1.165) is 11.4 Å². The number of nitrogens with zero attached hydrogens (tertiary/aromatic N) is 2. The standard InChI is InChI=1S/C23H23N3O3S/c1-28-15-16-29-23-17(7-6-13-24-23)25-22(27)12-14-26-18-8-2-4-10-20(18)30-21-11-5-3-9-19(21)26/h2-11,13H,12,14-16H2,1H3,(H,25,27). The molecule has 0 saturated heterocycles.